The minimum Gasteiger partial charge on any atom is -0.415 e. The highest BCUT2D eigenvalue weighted by Crippen LogP contribution is 2.42. The molecule has 0 saturated carbocycles. The maximum Gasteiger partial charge on any atom is 0.430 e. The van der Waals surface area contributed by atoms with Crippen molar-refractivity contribution in [2.45, 2.75) is 63.6 Å². The van der Waals surface area contributed by atoms with Crippen LogP contribution >= 0.6 is 0 Å². The van der Waals surface area contributed by atoms with Crippen LogP contribution in [0.25, 0.3) is 0 Å². The van der Waals surface area contributed by atoms with Crippen molar-refractivity contribution in [3.8, 4) is 0 Å². The predicted molar refractivity (Wildman–Crippen MR) is 102 cm³/mol. The molecule has 0 unspecified atom stereocenters. The number of carbonyl (C=O) groups excluding carboxylic acids is 1. The number of amides is 1. The molecule has 2 atom stereocenters. The molecule has 1 rings (SSSR count). The van der Waals surface area contributed by atoms with Gasteiger partial charge in [-0.3, -0.25) is 4.79 Å². The minimum atomic E-state index is -4.92. The normalized spacial score (nSPS) is 16.5. The van der Waals surface area contributed by atoms with Crippen molar-refractivity contribution < 1.29 is 27.1 Å². The van der Waals surface area contributed by atoms with Crippen LogP contribution in [0.5, 0.6) is 0 Å². The summed E-state index contributed by atoms with van der Waals surface area (Å²) in [5.41, 5.74) is -3.34. The zero-order valence-corrected chi connectivity index (χ0v) is 18.0. The third kappa shape index (κ3) is 5.11. The molecule has 4 nitrogen and oxygen atoms in total. The van der Waals surface area contributed by atoms with Gasteiger partial charge in [0.2, 0.25) is 0 Å². The molecule has 0 fully saturated rings. The average molecular weight is 406 g/mol. The van der Waals surface area contributed by atoms with Gasteiger partial charge in [0.15, 0.2) is 8.32 Å². The second-order valence-corrected chi connectivity index (χ2v) is 13.0. The van der Waals surface area contributed by atoms with Crippen molar-refractivity contribution >= 4 is 14.2 Å². The fraction of sp³-hybridized carbons (Fsp3) is 0.632. The number of benzene rings is 1. The predicted octanol–water partition coefficient (Wildman–Crippen LogP) is 4.62. The Morgan fingerprint density at radius 2 is 1.67 bits per heavy atom. The number of hydrogen-bond acceptors (Lipinski definition) is 3. The standard InChI is InChI=1S/C19H30F3NO3Si/c1-14(13-26-27(6,7)17(2,3)4)23-16(24)18(25-5,19(20,21)22)15-11-9-8-10-12-15/h8-12,14H,13H2,1-7H3,(H,23,24)/t14-,18-/m0/s1. The van der Waals surface area contributed by atoms with Crippen molar-refractivity contribution in [2.75, 3.05) is 13.7 Å². The lowest BCUT2D eigenvalue weighted by atomic mass is 9.91. The zero-order valence-electron chi connectivity index (χ0n) is 17.0. The molecule has 1 amide bonds. The van der Waals surface area contributed by atoms with Gasteiger partial charge in [-0.25, -0.2) is 0 Å². The molecule has 0 aliphatic heterocycles. The molecule has 1 aromatic carbocycles. The maximum atomic E-state index is 13.9. The van der Waals surface area contributed by atoms with E-state index in [1.165, 1.54) is 24.3 Å². The summed E-state index contributed by atoms with van der Waals surface area (Å²) >= 11 is 0. The number of carbonyl (C=O) groups is 1. The molecule has 0 aliphatic carbocycles. The van der Waals surface area contributed by atoms with Gasteiger partial charge in [-0.2, -0.15) is 13.2 Å². The SMILES string of the molecule is CO[C@](C(=O)N[C@@H](C)CO[Si](C)(C)C(C)(C)C)(c1ccccc1)C(F)(F)F. The van der Waals surface area contributed by atoms with Crippen molar-refractivity contribution in [1.82, 2.24) is 5.32 Å². The van der Waals surface area contributed by atoms with E-state index in [0.29, 0.717) is 0 Å². The molecule has 0 radical (unpaired) electrons. The van der Waals surface area contributed by atoms with Crippen LogP contribution in [0.4, 0.5) is 13.2 Å². The summed E-state index contributed by atoms with van der Waals surface area (Å²) in [6, 6.07) is 6.31. The highest BCUT2D eigenvalue weighted by atomic mass is 28.4. The number of rotatable bonds is 7. The van der Waals surface area contributed by atoms with E-state index in [4.69, 9.17) is 9.16 Å². The lowest BCUT2D eigenvalue weighted by Crippen LogP contribution is -2.58. The first-order valence-electron chi connectivity index (χ1n) is 8.81. The monoisotopic (exact) mass is 405 g/mol. The first-order chi connectivity index (χ1) is 12.2. The Balaban J connectivity index is 3.02. The highest BCUT2D eigenvalue weighted by Gasteiger charge is 2.62. The van der Waals surface area contributed by atoms with Crippen LogP contribution in [0.2, 0.25) is 18.1 Å². The Morgan fingerprint density at radius 3 is 2.07 bits per heavy atom. The van der Waals surface area contributed by atoms with E-state index in [9.17, 15) is 18.0 Å². The van der Waals surface area contributed by atoms with E-state index < -0.39 is 32.0 Å². The minimum absolute atomic E-state index is 0.0387. The second-order valence-electron chi connectivity index (χ2n) is 8.19. The van der Waals surface area contributed by atoms with Crippen LogP contribution in [0.3, 0.4) is 0 Å². The van der Waals surface area contributed by atoms with Crippen molar-refractivity contribution in [3.05, 3.63) is 35.9 Å². The second kappa shape index (κ2) is 8.32. The number of halogens is 3. The number of hydrogen-bond donors (Lipinski definition) is 1. The van der Waals surface area contributed by atoms with Crippen LogP contribution in [-0.2, 0) is 19.6 Å². The molecule has 8 heteroatoms. The molecule has 0 saturated heterocycles. The third-order valence-electron chi connectivity index (χ3n) is 5.08. The van der Waals surface area contributed by atoms with Crippen molar-refractivity contribution in [1.29, 1.82) is 0 Å². The molecular weight excluding hydrogens is 375 g/mol. The molecule has 0 bridgehead atoms. The van der Waals surface area contributed by atoms with Crippen LogP contribution in [0.1, 0.15) is 33.3 Å². The zero-order chi connectivity index (χ0) is 21.1. The Morgan fingerprint density at radius 1 is 1.15 bits per heavy atom. The van der Waals surface area contributed by atoms with Gasteiger partial charge in [0.05, 0.1) is 6.61 Å². The molecule has 0 heterocycles. The van der Waals surface area contributed by atoms with Crippen LogP contribution < -0.4 is 5.32 Å². The van der Waals surface area contributed by atoms with Crippen LogP contribution in [0.15, 0.2) is 30.3 Å². The fourth-order valence-corrected chi connectivity index (χ4v) is 3.44. The van der Waals surface area contributed by atoms with Gasteiger partial charge in [0.1, 0.15) is 0 Å². The Kier molecular flexibility index (Phi) is 7.29. The summed E-state index contributed by atoms with van der Waals surface area (Å²) in [4.78, 5) is 12.7. The summed E-state index contributed by atoms with van der Waals surface area (Å²) in [7, 11) is -1.19. The van der Waals surface area contributed by atoms with E-state index in [1.54, 1.807) is 13.0 Å². The highest BCUT2D eigenvalue weighted by molar-refractivity contribution is 6.74. The largest absolute Gasteiger partial charge is 0.430 e. The van der Waals surface area contributed by atoms with E-state index in [2.05, 4.69) is 26.1 Å². The van der Waals surface area contributed by atoms with Gasteiger partial charge in [-0.05, 0) is 25.1 Å². The number of methoxy groups -OCH3 is 1. The quantitative estimate of drug-likeness (QED) is 0.674. The van der Waals surface area contributed by atoms with Gasteiger partial charge in [0, 0.05) is 18.7 Å². The van der Waals surface area contributed by atoms with Gasteiger partial charge >= 0.3 is 6.18 Å². The first-order valence-corrected chi connectivity index (χ1v) is 11.7. The molecule has 0 aromatic heterocycles. The van der Waals surface area contributed by atoms with Gasteiger partial charge in [-0.15, -0.1) is 0 Å². The summed E-state index contributed by atoms with van der Waals surface area (Å²) < 4.78 is 52.4. The summed E-state index contributed by atoms with van der Waals surface area (Å²) in [6.07, 6.45) is -4.92. The average Bonchev–Trinajstić information content (AvgIpc) is 2.53. The van der Waals surface area contributed by atoms with Crippen LogP contribution in [-0.4, -0.2) is 40.2 Å². The fourth-order valence-electron chi connectivity index (χ4n) is 2.34. The summed E-state index contributed by atoms with van der Waals surface area (Å²) in [5.74, 6) is -1.25. The molecular formula is C19H30F3NO3Si. The van der Waals surface area contributed by atoms with Crippen molar-refractivity contribution in [2.24, 2.45) is 0 Å². The Labute approximate surface area is 160 Å². The summed E-state index contributed by atoms with van der Waals surface area (Å²) in [6.45, 7) is 12.0. The van der Waals surface area contributed by atoms with E-state index in [0.717, 1.165) is 7.11 Å². The van der Waals surface area contributed by atoms with E-state index in [1.807, 2.05) is 13.1 Å². The molecule has 0 spiro atoms. The molecule has 1 aromatic rings. The molecule has 1 N–H and O–H groups in total. The van der Waals surface area contributed by atoms with Gasteiger partial charge < -0.3 is 14.5 Å². The van der Waals surface area contributed by atoms with Gasteiger partial charge in [0.25, 0.3) is 11.5 Å². The smallest absolute Gasteiger partial charge is 0.415 e. The van der Waals surface area contributed by atoms with Gasteiger partial charge in [-0.1, -0.05) is 51.1 Å². The molecule has 27 heavy (non-hydrogen) atoms. The number of nitrogens with one attached hydrogen (secondary N) is 1. The van der Waals surface area contributed by atoms with E-state index >= 15 is 0 Å². The van der Waals surface area contributed by atoms with Crippen molar-refractivity contribution in [3.63, 3.8) is 0 Å². The number of ether oxygens (including phenoxy) is 1. The van der Waals surface area contributed by atoms with Crippen LogP contribution in [0, 0.1) is 0 Å². The topological polar surface area (TPSA) is 47.6 Å². The third-order valence-corrected chi connectivity index (χ3v) is 9.58. The first kappa shape index (κ1) is 23.7. The van der Waals surface area contributed by atoms with E-state index in [-0.39, 0.29) is 17.2 Å². The maximum absolute atomic E-state index is 13.9. The lowest BCUT2D eigenvalue weighted by molar-refractivity contribution is -0.266. The number of alkyl halides is 3. The summed E-state index contributed by atoms with van der Waals surface area (Å²) in [5, 5.41) is 2.38. The lowest BCUT2D eigenvalue weighted by Gasteiger charge is -2.38. The Bertz CT molecular complexity index is 629. The molecule has 0 aliphatic rings. The molecule has 154 valence electrons. The Hall–Kier alpha value is -1.38.